The molecule has 1 fully saturated rings. The van der Waals surface area contributed by atoms with Crippen LogP contribution in [0, 0.1) is 0 Å². The zero-order valence-electron chi connectivity index (χ0n) is 12.1. The number of anilines is 1. The molecule has 2 aliphatic rings. The Balaban J connectivity index is 2.04. The maximum Gasteiger partial charge on any atom is 0.152 e. The topological polar surface area (TPSA) is 72.6 Å². The van der Waals surface area contributed by atoms with Crippen LogP contribution >= 0.6 is 0 Å². The third kappa shape index (κ3) is 2.74. The van der Waals surface area contributed by atoms with Crippen molar-refractivity contribution in [3.05, 3.63) is 24.3 Å². The second kappa shape index (κ2) is 5.50. The Morgan fingerprint density at radius 3 is 2.86 bits per heavy atom. The van der Waals surface area contributed by atoms with Crippen LogP contribution in [0.15, 0.2) is 24.3 Å². The number of benzene rings is 1. The van der Waals surface area contributed by atoms with Crippen molar-refractivity contribution in [1.82, 2.24) is 0 Å². The van der Waals surface area contributed by atoms with Gasteiger partial charge >= 0.3 is 0 Å². The molecule has 0 bridgehead atoms. The summed E-state index contributed by atoms with van der Waals surface area (Å²) in [6.45, 7) is 1.78. The summed E-state index contributed by atoms with van der Waals surface area (Å²) in [5.74, 6) is 1.25. The first-order valence-corrected chi connectivity index (χ1v) is 9.28. The van der Waals surface area contributed by atoms with Gasteiger partial charge in [-0.3, -0.25) is 0 Å². The van der Waals surface area contributed by atoms with Crippen molar-refractivity contribution in [2.24, 2.45) is 5.73 Å². The molecule has 21 heavy (non-hydrogen) atoms. The number of sulfone groups is 1. The highest BCUT2D eigenvalue weighted by Crippen LogP contribution is 2.39. The molecule has 2 aliphatic heterocycles. The lowest BCUT2D eigenvalue weighted by molar-refractivity contribution is 0.320. The van der Waals surface area contributed by atoms with E-state index < -0.39 is 15.4 Å². The standard InChI is InChI=1S/C15H22N2O3S/c16-11-15(7-3-10-21(18,19)12-15)17-8-4-9-20-14-6-2-1-5-13(14)17/h1-2,5-6H,3-4,7-12,16H2. The summed E-state index contributed by atoms with van der Waals surface area (Å²) in [7, 11) is -3.03. The highest BCUT2D eigenvalue weighted by Gasteiger charge is 2.43. The van der Waals surface area contributed by atoms with Crippen LogP contribution in [0.4, 0.5) is 5.69 Å². The first kappa shape index (κ1) is 14.7. The molecule has 0 spiro atoms. The summed E-state index contributed by atoms with van der Waals surface area (Å²) in [5.41, 5.74) is 6.52. The van der Waals surface area contributed by atoms with E-state index in [9.17, 15) is 8.42 Å². The minimum Gasteiger partial charge on any atom is -0.491 e. The van der Waals surface area contributed by atoms with Crippen LogP contribution in [-0.4, -0.2) is 45.2 Å². The van der Waals surface area contributed by atoms with Gasteiger partial charge in [-0.05, 0) is 31.4 Å². The van der Waals surface area contributed by atoms with Gasteiger partial charge in [-0.2, -0.15) is 0 Å². The quantitative estimate of drug-likeness (QED) is 0.888. The van der Waals surface area contributed by atoms with Crippen molar-refractivity contribution in [3.8, 4) is 5.75 Å². The molecular formula is C15H22N2O3S. The molecule has 6 heteroatoms. The van der Waals surface area contributed by atoms with Gasteiger partial charge in [0.1, 0.15) is 5.75 Å². The van der Waals surface area contributed by atoms with Crippen molar-refractivity contribution in [1.29, 1.82) is 0 Å². The van der Waals surface area contributed by atoms with E-state index >= 15 is 0 Å². The lowest BCUT2D eigenvalue weighted by atomic mass is 9.92. The zero-order chi connectivity index (χ0) is 14.9. The average molecular weight is 310 g/mol. The summed E-state index contributed by atoms with van der Waals surface area (Å²) < 4.78 is 30.1. The van der Waals surface area contributed by atoms with Crippen molar-refractivity contribution in [3.63, 3.8) is 0 Å². The summed E-state index contributed by atoms with van der Waals surface area (Å²) in [5, 5.41) is 0. The Morgan fingerprint density at radius 2 is 2.10 bits per heavy atom. The SMILES string of the molecule is NCC1(N2CCCOc3ccccc32)CCCS(=O)(=O)C1. The van der Waals surface area contributed by atoms with Crippen molar-refractivity contribution in [2.45, 2.75) is 24.8 Å². The average Bonchev–Trinajstić information content (AvgIpc) is 2.68. The van der Waals surface area contributed by atoms with Gasteiger partial charge in [-0.25, -0.2) is 8.42 Å². The number of nitrogens with two attached hydrogens (primary N) is 1. The molecule has 116 valence electrons. The normalized spacial score (nSPS) is 28.3. The van der Waals surface area contributed by atoms with Gasteiger partial charge in [0.25, 0.3) is 0 Å². The van der Waals surface area contributed by atoms with Crippen LogP contribution in [0.1, 0.15) is 19.3 Å². The van der Waals surface area contributed by atoms with Crippen molar-refractivity contribution >= 4 is 15.5 Å². The predicted molar refractivity (Wildman–Crippen MR) is 83.6 cm³/mol. The number of hydrogen-bond acceptors (Lipinski definition) is 5. The monoisotopic (exact) mass is 310 g/mol. The largest absolute Gasteiger partial charge is 0.491 e. The van der Waals surface area contributed by atoms with Gasteiger partial charge in [-0.15, -0.1) is 0 Å². The highest BCUT2D eigenvalue weighted by molar-refractivity contribution is 7.91. The molecule has 1 unspecified atom stereocenters. The Labute approximate surface area is 126 Å². The van der Waals surface area contributed by atoms with Gasteiger partial charge in [0.2, 0.25) is 0 Å². The van der Waals surface area contributed by atoms with Crippen LogP contribution in [-0.2, 0) is 9.84 Å². The van der Waals surface area contributed by atoms with Crippen LogP contribution in [0.5, 0.6) is 5.75 Å². The number of rotatable bonds is 2. The van der Waals surface area contributed by atoms with Gasteiger partial charge in [0.05, 0.1) is 29.3 Å². The summed E-state index contributed by atoms with van der Waals surface area (Å²) in [4.78, 5) is 2.19. The Hall–Kier alpha value is -1.27. The first-order chi connectivity index (χ1) is 10.1. The molecule has 1 aromatic rings. The minimum absolute atomic E-state index is 0.144. The molecule has 2 heterocycles. The third-order valence-corrected chi connectivity index (χ3v) is 6.37. The number of hydrogen-bond donors (Lipinski definition) is 1. The number of ether oxygens (including phenoxy) is 1. The minimum atomic E-state index is -3.03. The second-order valence-electron chi connectivity index (χ2n) is 5.95. The van der Waals surface area contributed by atoms with Gasteiger partial charge < -0.3 is 15.4 Å². The van der Waals surface area contributed by atoms with E-state index in [4.69, 9.17) is 10.5 Å². The summed E-state index contributed by atoms with van der Waals surface area (Å²) in [6.07, 6.45) is 2.37. The van der Waals surface area contributed by atoms with E-state index in [1.54, 1.807) is 0 Å². The van der Waals surface area contributed by atoms with Crippen molar-refractivity contribution in [2.75, 3.05) is 36.1 Å². The fourth-order valence-corrected chi connectivity index (χ4v) is 5.44. The fourth-order valence-electron chi connectivity index (χ4n) is 3.48. The maximum absolute atomic E-state index is 12.2. The fraction of sp³-hybridized carbons (Fsp3) is 0.600. The van der Waals surface area contributed by atoms with E-state index in [2.05, 4.69) is 4.90 Å². The summed E-state index contributed by atoms with van der Waals surface area (Å²) in [6, 6.07) is 7.84. The van der Waals surface area contributed by atoms with E-state index in [-0.39, 0.29) is 11.5 Å². The predicted octanol–water partition coefficient (Wildman–Crippen LogP) is 1.18. The van der Waals surface area contributed by atoms with Crippen LogP contribution < -0.4 is 15.4 Å². The maximum atomic E-state index is 12.2. The van der Waals surface area contributed by atoms with Crippen LogP contribution in [0.25, 0.3) is 0 Å². The smallest absolute Gasteiger partial charge is 0.152 e. The Morgan fingerprint density at radius 1 is 1.29 bits per heavy atom. The molecular weight excluding hydrogens is 288 g/mol. The van der Waals surface area contributed by atoms with Gasteiger partial charge in [0.15, 0.2) is 9.84 Å². The highest BCUT2D eigenvalue weighted by atomic mass is 32.2. The van der Waals surface area contributed by atoms with Crippen LogP contribution in [0.3, 0.4) is 0 Å². The van der Waals surface area contributed by atoms with E-state index in [1.807, 2.05) is 24.3 Å². The molecule has 5 nitrogen and oxygen atoms in total. The molecule has 0 radical (unpaired) electrons. The number of nitrogens with zero attached hydrogens (tertiary/aromatic N) is 1. The Kier molecular flexibility index (Phi) is 3.84. The lowest BCUT2D eigenvalue weighted by Crippen LogP contribution is -2.60. The second-order valence-corrected chi connectivity index (χ2v) is 8.13. The summed E-state index contributed by atoms with van der Waals surface area (Å²) >= 11 is 0. The molecule has 3 rings (SSSR count). The van der Waals surface area contributed by atoms with E-state index in [1.165, 1.54) is 0 Å². The molecule has 1 aromatic carbocycles. The van der Waals surface area contributed by atoms with Gasteiger partial charge in [-0.1, -0.05) is 12.1 Å². The third-order valence-electron chi connectivity index (χ3n) is 4.48. The number of para-hydroxylation sites is 2. The van der Waals surface area contributed by atoms with Crippen molar-refractivity contribution < 1.29 is 13.2 Å². The molecule has 1 saturated heterocycles. The molecule has 1 atom stereocenters. The zero-order valence-corrected chi connectivity index (χ0v) is 12.9. The van der Waals surface area contributed by atoms with Gasteiger partial charge in [0, 0.05) is 13.1 Å². The number of fused-ring (bicyclic) bond motifs is 1. The van der Waals surface area contributed by atoms with E-state index in [0.717, 1.165) is 30.8 Å². The Bertz CT molecular complexity index is 617. The van der Waals surface area contributed by atoms with E-state index in [0.29, 0.717) is 19.6 Å². The molecule has 0 saturated carbocycles. The first-order valence-electron chi connectivity index (χ1n) is 7.46. The molecule has 0 aliphatic carbocycles. The molecule has 0 aromatic heterocycles. The lowest BCUT2D eigenvalue weighted by Gasteiger charge is -2.46. The van der Waals surface area contributed by atoms with Crippen LogP contribution in [0.2, 0.25) is 0 Å². The molecule has 0 amide bonds. The molecule has 2 N–H and O–H groups in total.